The highest BCUT2D eigenvalue weighted by Crippen LogP contribution is 2.46. The van der Waals surface area contributed by atoms with E-state index in [4.69, 9.17) is 27.9 Å². The van der Waals surface area contributed by atoms with Gasteiger partial charge < -0.3 is 9.64 Å². The van der Waals surface area contributed by atoms with Crippen LogP contribution in [0.4, 0.5) is 5.69 Å². The van der Waals surface area contributed by atoms with E-state index in [9.17, 15) is 9.59 Å². The van der Waals surface area contributed by atoms with Gasteiger partial charge in [0, 0.05) is 36.0 Å². The van der Waals surface area contributed by atoms with E-state index in [0.29, 0.717) is 15.6 Å². The van der Waals surface area contributed by atoms with Crippen LogP contribution in [0.3, 0.4) is 0 Å². The van der Waals surface area contributed by atoms with Crippen LogP contribution < -0.4 is 4.90 Å². The molecule has 0 aromatic heterocycles. The van der Waals surface area contributed by atoms with Crippen LogP contribution in [0.25, 0.3) is 6.08 Å². The number of rotatable bonds is 5. The molecule has 0 fully saturated rings. The normalized spacial score (nSPS) is 16.3. The second-order valence-corrected chi connectivity index (χ2v) is 8.13. The number of carbonyl (C=O) groups is 2. The second-order valence-electron chi connectivity index (χ2n) is 7.31. The second kappa shape index (κ2) is 8.44. The van der Waals surface area contributed by atoms with E-state index < -0.39 is 5.97 Å². The number of likely N-dealkylation sites (N-methyl/N-ethyl adjacent to an activating group) is 1. The van der Waals surface area contributed by atoms with Gasteiger partial charge in [0.05, 0.1) is 10.0 Å². The van der Waals surface area contributed by atoms with Crippen molar-refractivity contribution < 1.29 is 14.3 Å². The van der Waals surface area contributed by atoms with Crippen LogP contribution in [0.15, 0.2) is 60.3 Å². The molecule has 29 heavy (non-hydrogen) atoms. The summed E-state index contributed by atoms with van der Waals surface area (Å²) in [6.07, 6.45) is 4.36. The minimum atomic E-state index is -0.606. The first-order chi connectivity index (χ1) is 13.7. The lowest BCUT2D eigenvalue weighted by molar-refractivity contribution is -0.141. The topological polar surface area (TPSA) is 46.6 Å². The van der Waals surface area contributed by atoms with Gasteiger partial charge >= 0.3 is 5.97 Å². The minimum absolute atomic E-state index is 0.274. The molecule has 0 atom stereocenters. The number of hydrogen-bond donors (Lipinski definition) is 0. The number of ether oxygens (including phenoxy) is 1. The summed E-state index contributed by atoms with van der Waals surface area (Å²) in [7, 11) is 1.93. The molecular weight excluding hydrogens is 409 g/mol. The molecule has 150 valence electrons. The molecule has 1 aliphatic heterocycles. The molecule has 2 aromatic rings. The maximum atomic E-state index is 12.4. The molecule has 6 heteroatoms. The first-order valence-corrected chi connectivity index (χ1v) is 9.84. The molecule has 0 saturated heterocycles. The number of para-hydroxylation sites is 1. The Kier molecular flexibility index (Phi) is 6.15. The molecule has 4 nitrogen and oxygen atoms in total. The molecule has 0 aliphatic carbocycles. The molecule has 3 rings (SSSR count). The number of allylic oxidation sites excluding steroid dienone is 1. The third-order valence-electron chi connectivity index (χ3n) is 4.95. The van der Waals surface area contributed by atoms with Crippen LogP contribution in [0.2, 0.25) is 10.0 Å². The molecule has 2 aromatic carbocycles. The lowest BCUT2D eigenvalue weighted by Gasteiger charge is -2.23. The molecule has 0 bridgehead atoms. The van der Waals surface area contributed by atoms with Gasteiger partial charge in [-0.25, -0.2) is 4.79 Å². The summed E-state index contributed by atoms with van der Waals surface area (Å²) in [5.41, 5.74) is 3.49. The lowest BCUT2D eigenvalue weighted by atomic mass is 9.83. The van der Waals surface area contributed by atoms with Gasteiger partial charge in [0.1, 0.15) is 0 Å². The van der Waals surface area contributed by atoms with Crippen molar-refractivity contribution in [2.24, 2.45) is 0 Å². The van der Waals surface area contributed by atoms with Gasteiger partial charge in [0.15, 0.2) is 12.4 Å². The molecule has 1 aliphatic rings. The predicted octanol–water partition coefficient (Wildman–Crippen LogP) is 5.43. The smallest absolute Gasteiger partial charge is 0.331 e. The summed E-state index contributed by atoms with van der Waals surface area (Å²) < 4.78 is 5.07. The van der Waals surface area contributed by atoms with Crippen molar-refractivity contribution in [1.29, 1.82) is 0 Å². The zero-order valence-electron chi connectivity index (χ0n) is 16.4. The maximum absolute atomic E-state index is 12.4. The van der Waals surface area contributed by atoms with E-state index in [1.54, 1.807) is 30.4 Å². The van der Waals surface area contributed by atoms with Crippen molar-refractivity contribution in [2.75, 3.05) is 18.6 Å². The Balaban J connectivity index is 1.63. The van der Waals surface area contributed by atoms with E-state index in [1.807, 2.05) is 30.1 Å². The van der Waals surface area contributed by atoms with Crippen LogP contribution in [0.5, 0.6) is 0 Å². The number of nitrogens with zero attached hydrogens (tertiary/aromatic N) is 1. The summed E-state index contributed by atoms with van der Waals surface area (Å²) in [5, 5.41) is 0.834. The van der Waals surface area contributed by atoms with Crippen LogP contribution in [-0.2, 0) is 19.7 Å². The molecule has 1 heterocycles. The van der Waals surface area contributed by atoms with Crippen LogP contribution in [0, 0.1) is 0 Å². The number of fused-ring (bicyclic) bond motifs is 1. The van der Waals surface area contributed by atoms with E-state index in [0.717, 1.165) is 16.9 Å². The number of ketones is 1. The fraction of sp³-hybridized carbons (Fsp3) is 0.217. The van der Waals surface area contributed by atoms with Gasteiger partial charge in [0.2, 0.25) is 0 Å². The van der Waals surface area contributed by atoms with Crippen molar-refractivity contribution in [3.63, 3.8) is 0 Å². The first kappa shape index (κ1) is 21.2. The average Bonchev–Trinajstić information content (AvgIpc) is 2.88. The quantitative estimate of drug-likeness (QED) is 0.469. The number of halogens is 2. The highest BCUT2D eigenvalue weighted by atomic mass is 35.5. The summed E-state index contributed by atoms with van der Waals surface area (Å²) in [6, 6.07) is 13.0. The van der Waals surface area contributed by atoms with Crippen molar-refractivity contribution in [3.05, 3.63) is 81.5 Å². The monoisotopic (exact) mass is 429 g/mol. The molecule has 0 N–H and O–H groups in total. The Labute approximate surface area is 180 Å². The van der Waals surface area contributed by atoms with Crippen molar-refractivity contribution >= 4 is 46.7 Å². The zero-order chi connectivity index (χ0) is 21.2. The van der Waals surface area contributed by atoms with Gasteiger partial charge in [-0.3, -0.25) is 4.79 Å². The molecule has 0 amide bonds. The van der Waals surface area contributed by atoms with Gasteiger partial charge in [-0.2, -0.15) is 0 Å². The van der Waals surface area contributed by atoms with E-state index >= 15 is 0 Å². The summed E-state index contributed by atoms with van der Waals surface area (Å²) in [4.78, 5) is 26.3. The minimum Gasteiger partial charge on any atom is -0.454 e. The van der Waals surface area contributed by atoms with Gasteiger partial charge in [-0.05, 0) is 35.4 Å². The molecule has 0 unspecified atom stereocenters. The van der Waals surface area contributed by atoms with Crippen LogP contribution in [-0.4, -0.2) is 25.4 Å². The number of hydrogen-bond acceptors (Lipinski definition) is 4. The Morgan fingerprint density at radius 3 is 2.52 bits per heavy atom. The van der Waals surface area contributed by atoms with E-state index in [2.05, 4.69) is 19.9 Å². The van der Waals surface area contributed by atoms with Crippen molar-refractivity contribution in [1.82, 2.24) is 0 Å². The summed E-state index contributed by atoms with van der Waals surface area (Å²) in [6.45, 7) is 3.81. The number of esters is 1. The maximum Gasteiger partial charge on any atom is 0.331 e. The predicted molar refractivity (Wildman–Crippen MR) is 117 cm³/mol. The number of benzene rings is 2. The van der Waals surface area contributed by atoms with E-state index in [1.165, 1.54) is 6.08 Å². The average molecular weight is 430 g/mol. The number of anilines is 1. The Bertz CT molecular complexity index is 1020. The molecule has 0 saturated carbocycles. The summed E-state index contributed by atoms with van der Waals surface area (Å²) >= 11 is 11.8. The largest absolute Gasteiger partial charge is 0.454 e. The van der Waals surface area contributed by atoms with Gasteiger partial charge in [-0.1, -0.05) is 61.3 Å². The number of carbonyl (C=O) groups excluding carboxylic acids is 2. The van der Waals surface area contributed by atoms with Crippen molar-refractivity contribution in [3.8, 4) is 0 Å². The third-order valence-corrected chi connectivity index (χ3v) is 5.69. The zero-order valence-corrected chi connectivity index (χ0v) is 17.9. The van der Waals surface area contributed by atoms with Crippen molar-refractivity contribution in [2.45, 2.75) is 19.3 Å². The molecular formula is C23H21Cl2NO3. The Morgan fingerprint density at radius 1 is 1.10 bits per heavy atom. The standard InChI is InChI=1S/C23H21Cl2NO3/c1-23(2)17-6-4-5-7-20(17)26(3)21(23)13-16(27)14-29-22(28)11-9-15-8-10-18(24)19(25)12-15/h4-13H,14H2,1-3H3. The van der Waals surface area contributed by atoms with E-state index in [-0.39, 0.29) is 17.8 Å². The summed E-state index contributed by atoms with van der Waals surface area (Å²) in [5.74, 6) is -0.880. The first-order valence-electron chi connectivity index (χ1n) is 9.08. The fourth-order valence-electron chi connectivity index (χ4n) is 3.42. The molecule has 0 radical (unpaired) electrons. The third kappa shape index (κ3) is 4.55. The van der Waals surface area contributed by atoms with Gasteiger partial charge in [0.25, 0.3) is 0 Å². The van der Waals surface area contributed by atoms with Crippen LogP contribution in [0.1, 0.15) is 25.0 Å². The Morgan fingerprint density at radius 2 is 1.83 bits per heavy atom. The van der Waals surface area contributed by atoms with Crippen LogP contribution >= 0.6 is 23.2 Å². The Hall–Kier alpha value is -2.56. The molecule has 0 spiro atoms. The highest BCUT2D eigenvalue weighted by Gasteiger charge is 2.38. The highest BCUT2D eigenvalue weighted by molar-refractivity contribution is 6.42. The van der Waals surface area contributed by atoms with Gasteiger partial charge in [-0.15, -0.1) is 0 Å². The lowest BCUT2D eigenvalue weighted by Crippen LogP contribution is -2.25. The fourth-order valence-corrected chi connectivity index (χ4v) is 3.73. The SMILES string of the molecule is CN1C(=CC(=O)COC(=O)C=Cc2ccc(Cl)c(Cl)c2)C(C)(C)c2ccccc21.